The number of amides is 3. The molecule has 0 aromatic heterocycles. The Morgan fingerprint density at radius 3 is 2.37 bits per heavy atom. The number of nitrogens with one attached hydrogen (secondary N) is 2. The molecular weight excluding hydrogens is 502 g/mol. The predicted molar refractivity (Wildman–Crippen MR) is 152 cm³/mol. The van der Waals surface area contributed by atoms with E-state index in [1.807, 2.05) is 34.7 Å². The van der Waals surface area contributed by atoms with E-state index >= 15 is 0 Å². The van der Waals surface area contributed by atoms with Gasteiger partial charge < -0.3 is 16.0 Å². The number of likely N-dealkylation sites (N-methyl/N-ethyl adjacent to an activating group) is 2. The van der Waals surface area contributed by atoms with Gasteiger partial charge in [-0.3, -0.25) is 24.0 Å². The van der Waals surface area contributed by atoms with Gasteiger partial charge in [0.25, 0.3) is 5.91 Å². The Balaban J connectivity index is 2.18. The topological polar surface area (TPSA) is 125 Å². The normalized spacial score (nSPS) is 19.8. The van der Waals surface area contributed by atoms with Crippen molar-refractivity contribution in [2.75, 3.05) is 26.4 Å². The molecule has 212 valence electrons. The van der Waals surface area contributed by atoms with Crippen molar-refractivity contribution in [3.63, 3.8) is 0 Å². The minimum Gasteiger partial charge on any atom is -0.399 e. The fourth-order valence-electron chi connectivity index (χ4n) is 4.60. The molecule has 0 bridgehead atoms. The maximum atomic E-state index is 13.7. The number of piperidine rings is 1. The van der Waals surface area contributed by atoms with Gasteiger partial charge in [0.05, 0.1) is 17.0 Å². The summed E-state index contributed by atoms with van der Waals surface area (Å²) in [6.07, 6.45) is 5.30. The minimum atomic E-state index is -1.74. The third-order valence-corrected chi connectivity index (χ3v) is 8.46. The van der Waals surface area contributed by atoms with E-state index < -0.39 is 29.0 Å². The summed E-state index contributed by atoms with van der Waals surface area (Å²) in [6, 6.07) is 5.13. The summed E-state index contributed by atoms with van der Waals surface area (Å²) in [5.74, 6) is -0.867. The van der Waals surface area contributed by atoms with Crippen LogP contribution in [0.2, 0.25) is 0 Å². The van der Waals surface area contributed by atoms with Gasteiger partial charge in [-0.2, -0.15) is 0 Å². The van der Waals surface area contributed by atoms with Crippen molar-refractivity contribution >= 4 is 34.4 Å². The van der Waals surface area contributed by atoms with Crippen LogP contribution in [-0.2, 0) is 25.4 Å². The van der Waals surface area contributed by atoms with E-state index in [-0.39, 0.29) is 29.7 Å². The lowest BCUT2D eigenvalue weighted by atomic mass is 9.94. The van der Waals surface area contributed by atoms with Gasteiger partial charge in [0.1, 0.15) is 6.04 Å². The van der Waals surface area contributed by atoms with E-state index in [2.05, 4.69) is 14.9 Å². The molecule has 1 fully saturated rings. The quantitative estimate of drug-likeness (QED) is 0.289. The summed E-state index contributed by atoms with van der Waals surface area (Å²) in [5, 5.41) is 3.05. The molecule has 1 aromatic carbocycles. The van der Waals surface area contributed by atoms with E-state index in [1.165, 1.54) is 0 Å². The van der Waals surface area contributed by atoms with Gasteiger partial charge in [0.15, 0.2) is 11.0 Å². The van der Waals surface area contributed by atoms with Crippen LogP contribution in [0.25, 0.3) is 0 Å². The highest BCUT2D eigenvalue weighted by atomic mass is 32.2. The third-order valence-electron chi connectivity index (χ3n) is 7.39. The first-order valence-corrected chi connectivity index (χ1v) is 14.6. The number of nitrogens with two attached hydrogens (primary N) is 1. The number of benzene rings is 1. The molecule has 1 aliphatic heterocycles. The predicted octanol–water partition coefficient (Wildman–Crippen LogP) is 2.85. The Hall–Kier alpha value is -2.72. The number of carbonyl (C=O) groups excluding carboxylic acids is 3. The fourth-order valence-corrected chi connectivity index (χ4v) is 5.43. The summed E-state index contributed by atoms with van der Waals surface area (Å²) >= 11 is 0. The van der Waals surface area contributed by atoms with Crippen LogP contribution in [0.15, 0.2) is 40.8 Å². The molecule has 1 saturated heterocycles. The third kappa shape index (κ3) is 8.39. The average molecular weight is 548 g/mol. The van der Waals surface area contributed by atoms with Crippen molar-refractivity contribution in [1.29, 1.82) is 0 Å². The van der Waals surface area contributed by atoms with E-state index in [4.69, 9.17) is 5.73 Å². The number of carbonyl (C=O) groups is 3. The molecule has 1 aromatic rings. The average Bonchev–Trinajstić information content (AvgIpc) is 2.89. The fraction of sp³-hybridized carbons (Fsp3) is 0.607. The smallest absolute Gasteiger partial charge is 0.258 e. The summed E-state index contributed by atoms with van der Waals surface area (Å²) in [4.78, 5) is 43.8. The molecule has 0 radical (unpaired) electrons. The summed E-state index contributed by atoms with van der Waals surface area (Å²) in [6.45, 7) is 10.4. The number of anilines is 1. The van der Waals surface area contributed by atoms with E-state index in [0.29, 0.717) is 16.2 Å². The second-order valence-corrected chi connectivity index (χ2v) is 11.9. The first-order valence-electron chi connectivity index (χ1n) is 13.4. The van der Waals surface area contributed by atoms with Crippen LogP contribution in [0, 0.1) is 11.8 Å². The monoisotopic (exact) mass is 547 g/mol. The van der Waals surface area contributed by atoms with Crippen molar-refractivity contribution in [2.45, 2.75) is 83.3 Å². The molecule has 38 heavy (non-hydrogen) atoms. The molecule has 4 N–H and O–H groups in total. The van der Waals surface area contributed by atoms with Crippen LogP contribution in [0.3, 0.4) is 0 Å². The largest absolute Gasteiger partial charge is 0.399 e. The van der Waals surface area contributed by atoms with Gasteiger partial charge in [-0.1, -0.05) is 46.6 Å². The van der Waals surface area contributed by atoms with Gasteiger partial charge in [-0.15, -0.1) is 0 Å². The maximum absolute atomic E-state index is 13.7. The zero-order chi connectivity index (χ0) is 28.6. The molecule has 3 amide bonds. The molecule has 0 aliphatic carbocycles. The molecular formula is C28H45N5O4S. The molecule has 5 atom stereocenters. The van der Waals surface area contributed by atoms with E-state index in [1.54, 1.807) is 49.2 Å². The summed E-state index contributed by atoms with van der Waals surface area (Å²) in [5.41, 5.74) is 6.57. The van der Waals surface area contributed by atoms with Gasteiger partial charge in [-0.25, -0.2) is 4.21 Å². The first kappa shape index (κ1) is 31.5. The van der Waals surface area contributed by atoms with Gasteiger partial charge in [0, 0.05) is 18.3 Å². The molecule has 2 rings (SSSR count). The van der Waals surface area contributed by atoms with Crippen LogP contribution < -0.4 is 15.8 Å². The van der Waals surface area contributed by atoms with Crippen molar-refractivity contribution in [1.82, 2.24) is 19.8 Å². The zero-order valence-corrected chi connectivity index (χ0v) is 24.6. The zero-order valence-electron chi connectivity index (χ0n) is 23.8. The van der Waals surface area contributed by atoms with Crippen molar-refractivity contribution in [3.05, 3.63) is 35.9 Å². The molecule has 0 saturated carbocycles. The lowest BCUT2D eigenvalue weighted by molar-refractivity contribution is -0.140. The molecule has 9 nitrogen and oxygen atoms in total. The number of rotatable bonds is 11. The second kappa shape index (κ2) is 14.4. The van der Waals surface area contributed by atoms with Gasteiger partial charge in [-0.05, 0) is 69.5 Å². The number of nitrogens with zero attached hydrogens (tertiary/aromatic N) is 2. The first-order chi connectivity index (χ1) is 17.9. The van der Waals surface area contributed by atoms with E-state index in [9.17, 15) is 18.6 Å². The van der Waals surface area contributed by atoms with Gasteiger partial charge in [0.2, 0.25) is 11.8 Å². The standard InChI is InChI=1S/C28H45N5O4S/c1-8-19(4)25(30-27(35)23-11-9-10-16-32(23)6)28(36)33(7)24(18(2)3)17-20(5)26(34)31-38(37)22-14-12-21(29)13-15-22/h12-15,17-19,23-25H,8-11,16,29H2,1-7H3,(H,30,35)(H,31,34)/b20-17+/t19-,23+,24+,25-,38?/m0/s1. The number of likely N-dealkylation sites (tertiary alicyclic amines) is 1. The van der Waals surface area contributed by atoms with Crippen molar-refractivity contribution in [3.8, 4) is 0 Å². The van der Waals surface area contributed by atoms with E-state index in [0.717, 1.165) is 32.2 Å². The molecule has 0 spiro atoms. The van der Waals surface area contributed by atoms with Crippen LogP contribution in [0.1, 0.15) is 60.3 Å². The van der Waals surface area contributed by atoms with Crippen molar-refractivity contribution < 1.29 is 18.6 Å². The van der Waals surface area contributed by atoms with Crippen LogP contribution in [0.4, 0.5) is 5.69 Å². The van der Waals surface area contributed by atoms with Crippen LogP contribution in [-0.4, -0.2) is 70.5 Å². The Morgan fingerprint density at radius 2 is 1.82 bits per heavy atom. The summed E-state index contributed by atoms with van der Waals surface area (Å²) < 4.78 is 15.1. The Bertz CT molecular complexity index is 1030. The highest BCUT2D eigenvalue weighted by Gasteiger charge is 2.35. The lowest BCUT2D eigenvalue weighted by Crippen LogP contribution is -2.57. The molecule has 10 heteroatoms. The van der Waals surface area contributed by atoms with Crippen LogP contribution in [0.5, 0.6) is 0 Å². The van der Waals surface area contributed by atoms with Crippen molar-refractivity contribution in [2.24, 2.45) is 11.8 Å². The minimum absolute atomic E-state index is 0.00735. The highest BCUT2D eigenvalue weighted by molar-refractivity contribution is 7.83. The van der Waals surface area contributed by atoms with Crippen LogP contribution >= 0.6 is 0 Å². The highest BCUT2D eigenvalue weighted by Crippen LogP contribution is 2.20. The second-order valence-electron chi connectivity index (χ2n) is 10.7. The SMILES string of the molecule is CC[C@H](C)[C@H](NC(=O)[C@H]1CCCCN1C)C(=O)N(C)[C@H](/C=C(\C)C(=O)NS(=O)c1ccc(N)cc1)C(C)C. The maximum Gasteiger partial charge on any atom is 0.258 e. The lowest BCUT2D eigenvalue weighted by Gasteiger charge is -2.36. The molecule has 1 heterocycles. The Kier molecular flexibility index (Phi) is 12.0. The van der Waals surface area contributed by atoms with Gasteiger partial charge >= 0.3 is 0 Å². The number of hydrogen-bond acceptors (Lipinski definition) is 6. The Morgan fingerprint density at radius 1 is 1.18 bits per heavy atom. The number of nitrogen functional groups attached to an aromatic ring is 1. The molecule has 1 unspecified atom stereocenters. The number of hydrogen-bond donors (Lipinski definition) is 3. The Labute approximate surface area is 230 Å². The molecule has 1 aliphatic rings. The summed E-state index contributed by atoms with van der Waals surface area (Å²) in [7, 11) is 1.91.